The zero-order valence-corrected chi connectivity index (χ0v) is 19.2. The Labute approximate surface area is 186 Å². The van der Waals surface area contributed by atoms with Gasteiger partial charge < -0.3 is 24.6 Å². The molecular formula is C23H37N5O3. The van der Waals surface area contributed by atoms with Crippen molar-refractivity contribution >= 4 is 17.6 Å². The molecular weight excluding hydrogens is 394 g/mol. The van der Waals surface area contributed by atoms with Crippen molar-refractivity contribution in [2.24, 2.45) is 10.9 Å². The summed E-state index contributed by atoms with van der Waals surface area (Å²) in [6.45, 7) is 7.95. The zero-order valence-electron chi connectivity index (χ0n) is 19.2. The number of likely N-dealkylation sites (tertiary alicyclic amines) is 1. The van der Waals surface area contributed by atoms with Crippen molar-refractivity contribution in [2.75, 3.05) is 78.5 Å². The molecule has 0 amide bonds. The van der Waals surface area contributed by atoms with Crippen LogP contribution in [0.3, 0.4) is 0 Å². The Balaban J connectivity index is 1.32. The van der Waals surface area contributed by atoms with E-state index in [2.05, 4.69) is 37.1 Å². The summed E-state index contributed by atoms with van der Waals surface area (Å²) in [5, 5.41) is 3.49. The molecule has 1 aromatic carbocycles. The van der Waals surface area contributed by atoms with Crippen LogP contribution in [0, 0.1) is 5.92 Å². The lowest BCUT2D eigenvalue weighted by atomic mass is 9.97. The Hall–Kier alpha value is -2.48. The van der Waals surface area contributed by atoms with Crippen molar-refractivity contribution < 1.29 is 14.3 Å². The Morgan fingerprint density at radius 2 is 1.74 bits per heavy atom. The Morgan fingerprint density at radius 1 is 1.06 bits per heavy atom. The number of anilines is 1. The SMILES string of the molecule is CN=C(NCCCN1CCN(c2ccc(OC)cc2)CC1)N1CCC(C(=O)OC)CC1. The van der Waals surface area contributed by atoms with Crippen LogP contribution >= 0.6 is 0 Å². The number of carbonyl (C=O) groups excluding carboxylic acids is 1. The molecule has 0 spiro atoms. The summed E-state index contributed by atoms with van der Waals surface area (Å²) in [6, 6.07) is 8.33. The van der Waals surface area contributed by atoms with Crippen molar-refractivity contribution in [1.29, 1.82) is 0 Å². The molecule has 2 saturated heterocycles. The van der Waals surface area contributed by atoms with Crippen molar-refractivity contribution in [3.63, 3.8) is 0 Å². The molecule has 172 valence electrons. The van der Waals surface area contributed by atoms with E-state index in [0.29, 0.717) is 0 Å². The highest BCUT2D eigenvalue weighted by Gasteiger charge is 2.27. The molecule has 1 N–H and O–H groups in total. The highest BCUT2D eigenvalue weighted by atomic mass is 16.5. The number of guanidine groups is 1. The van der Waals surface area contributed by atoms with Crippen molar-refractivity contribution in [1.82, 2.24) is 15.1 Å². The van der Waals surface area contributed by atoms with Crippen LogP contribution in [-0.2, 0) is 9.53 Å². The second-order valence-electron chi connectivity index (χ2n) is 8.14. The third-order valence-electron chi connectivity index (χ3n) is 6.28. The minimum absolute atomic E-state index is 0.0240. The van der Waals surface area contributed by atoms with E-state index in [0.717, 1.165) is 83.3 Å². The zero-order chi connectivity index (χ0) is 22.1. The quantitative estimate of drug-likeness (QED) is 0.305. The smallest absolute Gasteiger partial charge is 0.308 e. The molecule has 2 aliphatic heterocycles. The fourth-order valence-corrected chi connectivity index (χ4v) is 4.35. The van der Waals surface area contributed by atoms with E-state index in [9.17, 15) is 4.79 Å². The first-order chi connectivity index (χ1) is 15.1. The summed E-state index contributed by atoms with van der Waals surface area (Å²) in [5.41, 5.74) is 1.27. The molecule has 2 heterocycles. The number of ether oxygens (including phenoxy) is 2. The van der Waals surface area contributed by atoms with Gasteiger partial charge in [0.25, 0.3) is 0 Å². The fraction of sp³-hybridized carbons (Fsp3) is 0.652. The first-order valence-electron chi connectivity index (χ1n) is 11.3. The van der Waals surface area contributed by atoms with E-state index < -0.39 is 0 Å². The van der Waals surface area contributed by atoms with E-state index in [-0.39, 0.29) is 11.9 Å². The lowest BCUT2D eigenvalue weighted by molar-refractivity contribution is -0.146. The maximum absolute atomic E-state index is 11.7. The second kappa shape index (κ2) is 11.8. The van der Waals surface area contributed by atoms with E-state index in [1.165, 1.54) is 12.8 Å². The molecule has 1 aromatic rings. The summed E-state index contributed by atoms with van der Waals surface area (Å²) in [5.74, 6) is 1.77. The molecule has 0 radical (unpaired) electrons. The van der Waals surface area contributed by atoms with Crippen molar-refractivity contribution in [3.8, 4) is 5.75 Å². The van der Waals surface area contributed by atoms with Gasteiger partial charge in [-0.2, -0.15) is 0 Å². The summed E-state index contributed by atoms with van der Waals surface area (Å²) in [4.78, 5) is 23.3. The van der Waals surface area contributed by atoms with E-state index in [4.69, 9.17) is 9.47 Å². The van der Waals surface area contributed by atoms with Crippen LogP contribution in [-0.4, -0.2) is 95.4 Å². The van der Waals surface area contributed by atoms with E-state index in [1.54, 1.807) is 7.11 Å². The lowest BCUT2D eigenvalue weighted by Gasteiger charge is -2.36. The van der Waals surface area contributed by atoms with Crippen LogP contribution in [0.1, 0.15) is 19.3 Å². The highest BCUT2D eigenvalue weighted by Crippen LogP contribution is 2.21. The van der Waals surface area contributed by atoms with Crippen LogP contribution in [0.15, 0.2) is 29.3 Å². The first kappa shape index (κ1) is 23.2. The van der Waals surface area contributed by atoms with E-state index in [1.807, 2.05) is 19.2 Å². The normalized spacial score (nSPS) is 18.7. The number of hydrogen-bond acceptors (Lipinski definition) is 6. The average Bonchev–Trinajstić information content (AvgIpc) is 2.84. The lowest BCUT2D eigenvalue weighted by Crippen LogP contribution is -2.48. The van der Waals surface area contributed by atoms with Gasteiger partial charge in [-0.25, -0.2) is 0 Å². The molecule has 0 bridgehead atoms. The average molecular weight is 432 g/mol. The highest BCUT2D eigenvalue weighted by molar-refractivity contribution is 5.80. The van der Waals surface area contributed by atoms with Gasteiger partial charge in [-0.3, -0.25) is 14.7 Å². The number of carbonyl (C=O) groups is 1. The maximum atomic E-state index is 11.7. The van der Waals surface area contributed by atoms with Gasteiger partial charge >= 0.3 is 5.97 Å². The van der Waals surface area contributed by atoms with Gasteiger partial charge in [0.05, 0.1) is 20.1 Å². The van der Waals surface area contributed by atoms with Gasteiger partial charge in [-0.05, 0) is 50.1 Å². The molecule has 0 atom stereocenters. The van der Waals surface area contributed by atoms with Crippen LogP contribution in [0.2, 0.25) is 0 Å². The standard InChI is InChI=1S/C23H37N5O3/c1-24-23(28-13-9-19(10-14-28)22(29)31-3)25-11-4-12-26-15-17-27(18-16-26)20-5-7-21(30-2)8-6-20/h5-8,19H,4,9-18H2,1-3H3,(H,24,25). The third kappa shape index (κ3) is 6.50. The van der Waals surface area contributed by atoms with Crippen molar-refractivity contribution in [3.05, 3.63) is 24.3 Å². The number of piperidine rings is 1. The number of benzene rings is 1. The van der Waals surface area contributed by atoms with Gasteiger partial charge in [-0.1, -0.05) is 0 Å². The Kier molecular flexibility index (Phi) is 8.82. The van der Waals surface area contributed by atoms with Crippen LogP contribution in [0.25, 0.3) is 0 Å². The monoisotopic (exact) mass is 431 g/mol. The molecule has 8 heteroatoms. The maximum Gasteiger partial charge on any atom is 0.308 e. The summed E-state index contributed by atoms with van der Waals surface area (Å²) < 4.78 is 10.1. The number of nitrogens with one attached hydrogen (secondary N) is 1. The molecule has 2 fully saturated rings. The first-order valence-corrected chi connectivity index (χ1v) is 11.3. The Bertz CT molecular complexity index is 708. The number of aliphatic imine (C=N–C) groups is 1. The molecule has 8 nitrogen and oxygen atoms in total. The number of piperazine rings is 1. The molecule has 2 aliphatic rings. The minimum Gasteiger partial charge on any atom is -0.497 e. The predicted molar refractivity (Wildman–Crippen MR) is 124 cm³/mol. The number of nitrogens with zero attached hydrogens (tertiary/aromatic N) is 4. The summed E-state index contributed by atoms with van der Waals surface area (Å²) >= 11 is 0. The number of esters is 1. The molecule has 3 rings (SSSR count). The van der Waals surface area contributed by atoms with Crippen LogP contribution in [0.5, 0.6) is 5.75 Å². The van der Waals surface area contributed by atoms with Gasteiger partial charge in [-0.15, -0.1) is 0 Å². The molecule has 0 aromatic heterocycles. The van der Waals surface area contributed by atoms with Gasteiger partial charge in [0, 0.05) is 58.5 Å². The van der Waals surface area contributed by atoms with Crippen LogP contribution in [0.4, 0.5) is 5.69 Å². The van der Waals surface area contributed by atoms with Gasteiger partial charge in [0.15, 0.2) is 5.96 Å². The molecule has 0 saturated carbocycles. The minimum atomic E-state index is -0.0883. The number of rotatable bonds is 7. The third-order valence-corrected chi connectivity index (χ3v) is 6.28. The van der Waals surface area contributed by atoms with Gasteiger partial charge in [0.2, 0.25) is 0 Å². The van der Waals surface area contributed by atoms with Crippen molar-refractivity contribution in [2.45, 2.75) is 19.3 Å². The second-order valence-corrected chi connectivity index (χ2v) is 8.14. The number of hydrogen-bond donors (Lipinski definition) is 1. The largest absolute Gasteiger partial charge is 0.497 e. The molecule has 31 heavy (non-hydrogen) atoms. The summed E-state index contributed by atoms with van der Waals surface area (Å²) in [7, 11) is 4.99. The topological polar surface area (TPSA) is 69.6 Å². The Morgan fingerprint density at radius 3 is 2.32 bits per heavy atom. The fourth-order valence-electron chi connectivity index (χ4n) is 4.35. The van der Waals surface area contributed by atoms with Gasteiger partial charge in [0.1, 0.15) is 5.75 Å². The molecule has 0 unspecified atom stereocenters. The van der Waals surface area contributed by atoms with E-state index >= 15 is 0 Å². The number of methoxy groups -OCH3 is 2. The van der Waals surface area contributed by atoms with Crippen LogP contribution < -0.4 is 15.0 Å². The summed E-state index contributed by atoms with van der Waals surface area (Å²) in [6.07, 6.45) is 2.73. The predicted octanol–water partition coefficient (Wildman–Crippen LogP) is 1.67. The molecule has 0 aliphatic carbocycles.